The maximum absolute atomic E-state index is 13.2. The van der Waals surface area contributed by atoms with Gasteiger partial charge in [-0.3, -0.25) is 4.79 Å². The second-order valence-electron chi connectivity index (χ2n) is 10.5. The van der Waals surface area contributed by atoms with Gasteiger partial charge in [-0.15, -0.1) is 0 Å². The maximum Gasteiger partial charge on any atom is 0.255 e. The molecule has 6 rings (SSSR count). The van der Waals surface area contributed by atoms with Gasteiger partial charge in [0.25, 0.3) is 5.91 Å². The summed E-state index contributed by atoms with van der Waals surface area (Å²) in [6.45, 7) is 2.94. The van der Waals surface area contributed by atoms with E-state index < -0.39 is 0 Å². The van der Waals surface area contributed by atoms with Gasteiger partial charge in [-0.2, -0.15) is 9.97 Å². The normalized spacial score (nSPS) is 14.9. The molecule has 0 radical (unpaired) electrons. The first-order chi connectivity index (χ1) is 20.1. The van der Waals surface area contributed by atoms with Crippen LogP contribution in [0.2, 0.25) is 0 Å². The van der Waals surface area contributed by atoms with Gasteiger partial charge in [0.15, 0.2) is 5.82 Å². The molecular formula is C32H34N6O3. The van der Waals surface area contributed by atoms with Gasteiger partial charge in [-0.1, -0.05) is 30.3 Å². The maximum atomic E-state index is 13.2. The predicted molar refractivity (Wildman–Crippen MR) is 159 cm³/mol. The molecule has 4 aromatic rings. The average molecular weight is 551 g/mol. The molecule has 4 N–H and O–H groups in total. The number of fused-ring (bicyclic) bond motifs is 1. The molecule has 0 saturated carbocycles. The summed E-state index contributed by atoms with van der Waals surface area (Å²) in [6.07, 6.45) is 4.87. The van der Waals surface area contributed by atoms with Crippen LogP contribution in [0, 0.1) is 0 Å². The molecule has 1 amide bonds. The molecule has 1 aliphatic heterocycles. The SMILES string of the molecule is Nc1nc(Cc2ccc(N3CCOCC3)cc2)nc(-c2cccc(NC(=O)c3ccc4c(c3)CCCC4)c2CO)n1. The third-order valence-electron chi connectivity index (χ3n) is 7.81. The molecule has 0 unspecified atom stereocenters. The van der Waals surface area contributed by atoms with Gasteiger partial charge in [0.1, 0.15) is 5.82 Å². The number of ether oxygens (including phenoxy) is 1. The zero-order chi connectivity index (χ0) is 28.2. The molecule has 0 bridgehead atoms. The summed E-state index contributed by atoms with van der Waals surface area (Å²) in [5.41, 5.74) is 13.1. The monoisotopic (exact) mass is 550 g/mol. The van der Waals surface area contributed by atoms with E-state index in [-0.39, 0.29) is 18.5 Å². The van der Waals surface area contributed by atoms with E-state index in [2.05, 4.69) is 50.5 Å². The number of carbonyl (C=O) groups is 1. The van der Waals surface area contributed by atoms with Crippen LogP contribution in [0.1, 0.15) is 51.3 Å². The number of hydrogen-bond acceptors (Lipinski definition) is 8. The van der Waals surface area contributed by atoms with Gasteiger partial charge in [0, 0.05) is 47.6 Å². The minimum atomic E-state index is -0.306. The predicted octanol–water partition coefficient (Wildman–Crippen LogP) is 4.17. The molecule has 1 aliphatic carbocycles. The Morgan fingerprint density at radius 3 is 2.51 bits per heavy atom. The van der Waals surface area contributed by atoms with Crippen molar-refractivity contribution in [2.45, 2.75) is 38.7 Å². The highest BCUT2D eigenvalue weighted by Gasteiger charge is 2.18. The lowest BCUT2D eigenvalue weighted by Gasteiger charge is -2.28. The highest BCUT2D eigenvalue weighted by atomic mass is 16.5. The van der Waals surface area contributed by atoms with Crippen molar-refractivity contribution in [2.75, 3.05) is 42.3 Å². The van der Waals surface area contributed by atoms with Crippen molar-refractivity contribution >= 4 is 23.2 Å². The molecule has 3 aromatic carbocycles. The Hall–Kier alpha value is -4.34. The molecule has 9 heteroatoms. The first-order valence-corrected chi connectivity index (χ1v) is 14.2. The molecule has 1 aromatic heterocycles. The van der Waals surface area contributed by atoms with Gasteiger partial charge < -0.3 is 25.8 Å². The van der Waals surface area contributed by atoms with Crippen LogP contribution in [0.25, 0.3) is 11.4 Å². The first-order valence-electron chi connectivity index (χ1n) is 14.2. The van der Waals surface area contributed by atoms with Crippen molar-refractivity contribution in [1.29, 1.82) is 0 Å². The number of anilines is 3. The number of nitrogens with two attached hydrogens (primary N) is 1. The quantitative estimate of drug-likeness (QED) is 0.313. The number of benzene rings is 3. The van der Waals surface area contributed by atoms with Crippen molar-refractivity contribution in [2.24, 2.45) is 0 Å². The number of aliphatic hydroxyl groups excluding tert-OH is 1. The van der Waals surface area contributed by atoms with E-state index in [1.807, 2.05) is 18.2 Å². The fourth-order valence-electron chi connectivity index (χ4n) is 5.62. The summed E-state index contributed by atoms with van der Waals surface area (Å²) in [4.78, 5) is 28.9. The number of hydrogen-bond donors (Lipinski definition) is 3. The zero-order valence-corrected chi connectivity index (χ0v) is 23.0. The highest BCUT2D eigenvalue weighted by molar-refractivity contribution is 6.05. The number of aryl methyl sites for hydroxylation is 2. The number of carbonyl (C=O) groups excluding carboxylic acids is 1. The number of nitrogens with one attached hydrogen (secondary N) is 1. The van der Waals surface area contributed by atoms with Crippen LogP contribution in [-0.4, -0.2) is 52.3 Å². The number of rotatable bonds is 7. The Bertz CT molecular complexity index is 1550. The van der Waals surface area contributed by atoms with Crippen LogP contribution in [0.4, 0.5) is 17.3 Å². The molecule has 1 saturated heterocycles. The Kier molecular flexibility index (Phi) is 7.89. The fourth-order valence-corrected chi connectivity index (χ4v) is 5.62. The van der Waals surface area contributed by atoms with E-state index in [1.54, 1.807) is 12.1 Å². The smallest absolute Gasteiger partial charge is 0.255 e. The van der Waals surface area contributed by atoms with Crippen molar-refractivity contribution in [1.82, 2.24) is 15.0 Å². The van der Waals surface area contributed by atoms with Crippen molar-refractivity contribution in [3.63, 3.8) is 0 Å². The summed E-state index contributed by atoms with van der Waals surface area (Å²) in [5.74, 6) is 0.759. The average Bonchev–Trinajstić information content (AvgIpc) is 3.01. The molecule has 9 nitrogen and oxygen atoms in total. The van der Waals surface area contributed by atoms with E-state index in [0.29, 0.717) is 40.4 Å². The van der Waals surface area contributed by atoms with Crippen LogP contribution in [0.15, 0.2) is 60.7 Å². The summed E-state index contributed by atoms with van der Waals surface area (Å²) in [7, 11) is 0. The number of aromatic nitrogens is 3. The Balaban J connectivity index is 1.23. The Labute approximate surface area is 239 Å². The summed E-state index contributed by atoms with van der Waals surface area (Å²) in [5, 5.41) is 13.3. The molecule has 210 valence electrons. The second kappa shape index (κ2) is 12.0. The third kappa shape index (κ3) is 6.06. The largest absolute Gasteiger partial charge is 0.392 e. The van der Waals surface area contributed by atoms with Crippen molar-refractivity contribution in [3.05, 3.63) is 94.3 Å². The zero-order valence-electron chi connectivity index (χ0n) is 23.0. The van der Waals surface area contributed by atoms with Crippen molar-refractivity contribution < 1.29 is 14.6 Å². The fraction of sp³-hybridized carbons (Fsp3) is 0.312. The van der Waals surface area contributed by atoms with E-state index in [0.717, 1.165) is 56.8 Å². The van der Waals surface area contributed by atoms with Crippen LogP contribution >= 0.6 is 0 Å². The first kappa shape index (κ1) is 26.9. The summed E-state index contributed by atoms with van der Waals surface area (Å²) < 4.78 is 5.45. The Morgan fingerprint density at radius 2 is 1.73 bits per heavy atom. The van der Waals surface area contributed by atoms with Crippen LogP contribution < -0.4 is 16.0 Å². The van der Waals surface area contributed by atoms with E-state index in [9.17, 15) is 9.90 Å². The number of nitrogen functional groups attached to an aromatic ring is 1. The standard InChI is InChI=1S/C32H34N6O3/c33-32-36-29(18-21-8-12-25(13-9-21)38-14-16-41-17-15-38)35-30(37-32)26-6-3-7-28(27(26)20-39)34-31(40)24-11-10-22-4-1-2-5-23(22)19-24/h3,6-13,19,39H,1-2,4-5,14-18,20H2,(H,34,40)(H2,33,35,36,37). The molecule has 41 heavy (non-hydrogen) atoms. The number of aliphatic hydroxyl groups is 1. The minimum absolute atomic E-state index is 0.0994. The van der Waals surface area contributed by atoms with Crippen LogP contribution in [0.3, 0.4) is 0 Å². The molecule has 1 fully saturated rings. The number of nitrogens with zero attached hydrogens (tertiary/aromatic N) is 4. The topological polar surface area (TPSA) is 126 Å². The van der Waals surface area contributed by atoms with Gasteiger partial charge >= 0.3 is 0 Å². The van der Waals surface area contributed by atoms with E-state index >= 15 is 0 Å². The van der Waals surface area contributed by atoms with Gasteiger partial charge in [-0.05, 0) is 72.7 Å². The van der Waals surface area contributed by atoms with Crippen molar-refractivity contribution in [3.8, 4) is 11.4 Å². The minimum Gasteiger partial charge on any atom is -0.392 e. The molecule has 0 spiro atoms. The van der Waals surface area contributed by atoms with E-state index in [4.69, 9.17) is 15.5 Å². The van der Waals surface area contributed by atoms with Crippen LogP contribution in [0.5, 0.6) is 0 Å². The lowest BCUT2D eigenvalue weighted by Crippen LogP contribution is -2.36. The lowest BCUT2D eigenvalue weighted by molar-refractivity contribution is 0.102. The third-order valence-corrected chi connectivity index (χ3v) is 7.81. The number of morpholine rings is 1. The van der Waals surface area contributed by atoms with Crippen LogP contribution in [-0.2, 0) is 30.6 Å². The number of amides is 1. The molecule has 2 heterocycles. The summed E-state index contributed by atoms with van der Waals surface area (Å²) in [6, 6.07) is 19.6. The molecular weight excluding hydrogens is 516 g/mol. The van der Waals surface area contributed by atoms with E-state index in [1.165, 1.54) is 17.5 Å². The lowest BCUT2D eigenvalue weighted by atomic mass is 9.90. The van der Waals surface area contributed by atoms with Gasteiger partial charge in [0.05, 0.1) is 19.8 Å². The highest BCUT2D eigenvalue weighted by Crippen LogP contribution is 2.29. The molecule has 2 aliphatic rings. The van der Waals surface area contributed by atoms with Gasteiger partial charge in [-0.25, -0.2) is 4.98 Å². The molecule has 0 atom stereocenters. The second-order valence-corrected chi connectivity index (χ2v) is 10.5. The summed E-state index contributed by atoms with van der Waals surface area (Å²) >= 11 is 0. The Morgan fingerprint density at radius 1 is 0.951 bits per heavy atom. The van der Waals surface area contributed by atoms with Gasteiger partial charge in [0.2, 0.25) is 5.95 Å².